The van der Waals surface area contributed by atoms with Crippen molar-refractivity contribution in [2.24, 2.45) is 0 Å². The Labute approximate surface area is 66.7 Å². The van der Waals surface area contributed by atoms with Gasteiger partial charge in [-0.1, -0.05) is 30.9 Å². The predicted octanol–water partition coefficient (Wildman–Crippen LogP) is 2.79. The van der Waals surface area contributed by atoms with Crippen LogP contribution in [0.5, 0.6) is 0 Å². The second-order valence-electron chi connectivity index (χ2n) is 2.29. The van der Waals surface area contributed by atoms with Crippen LogP contribution in [0.1, 0.15) is 6.42 Å². The van der Waals surface area contributed by atoms with Gasteiger partial charge < -0.3 is 0 Å². The standard InChI is InChI=1S/C9H12S/c1-9-6-4-2-3-5-7-10-8-9/h2-4,6H,1,5,7-8H2/b3-2-,6-4-. The highest BCUT2D eigenvalue weighted by Crippen LogP contribution is 2.10. The van der Waals surface area contributed by atoms with Gasteiger partial charge in [0.25, 0.3) is 0 Å². The van der Waals surface area contributed by atoms with Crippen LogP contribution in [0.3, 0.4) is 0 Å². The fourth-order valence-electron chi connectivity index (χ4n) is 0.769. The lowest BCUT2D eigenvalue weighted by Crippen LogP contribution is -1.81. The van der Waals surface area contributed by atoms with Crippen LogP contribution in [-0.4, -0.2) is 11.5 Å². The van der Waals surface area contributed by atoms with E-state index >= 15 is 0 Å². The molecule has 0 radical (unpaired) electrons. The second kappa shape index (κ2) is 4.40. The lowest BCUT2D eigenvalue weighted by atomic mass is 10.3. The number of hydrogen-bond acceptors (Lipinski definition) is 1. The van der Waals surface area contributed by atoms with E-state index in [1.165, 1.54) is 17.7 Å². The molecule has 0 atom stereocenters. The first-order valence-corrected chi connectivity index (χ1v) is 4.64. The molecule has 0 aromatic carbocycles. The number of allylic oxidation sites excluding steroid dienone is 4. The normalized spacial score (nSPS) is 26.2. The first-order valence-electron chi connectivity index (χ1n) is 3.48. The third-order valence-electron chi connectivity index (χ3n) is 1.30. The largest absolute Gasteiger partial charge is 0.157 e. The Bertz CT molecular complexity index is 166. The molecule has 1 aliphatic heterocycles. The zero-order chi connectivity index (χ0) is 7.23. The van der Waals surface area contributed by atoms with E-state index in [4.69, 9.17) is 0 Å². The zero-order valence-electron chi connectivity index (χ0n) is 6.05. The van der Waals surface area contributed by atoms with Crippen molar-refractivity contribution in [3.05, 3.63) is 36.5 Å². The van der Waals surface area contributed by atoms with Gasteiger partial charge in [-0.3, -0.25) is 0 Å². The first kappa shape index (κ1) is 7.67. The molecule has 1 rings (SSSR count). The average molecular weight is 152 g/mol. The Morgan fingerprint density at radius 1 is 1.40 bits per heavy atom. The Morgan fingerprint density at radius 2 is 2.30 bits per heavy atom. The molecule has 54 valence electrons. The van der Waals surface area contributed by atoms with Crippen LogP contribution < -0.4 is 0 Å². The summed E-state index contributed by atoms with van der Waals surface area (Å²) >= 11 is 1.95. The molecule has 0 fully saturated rings. The summed E-state index contributed by atoms with van der Waals surface area (Å²) in [6.45, 7) is 3.92. The molecule has 1 heteroatoms. The van der Waals surface area contributed by atoms with Crippen molar-refractivity contribution < 1.29 is 0 Å². The van der Waals surface area contributed by atoms with Crippen LogP contribution in [0.4, 0.5) is 0 Å². The van der Waals surface area contributed by atoms with Crippen LogP contribution in [0, 0.1) is 0 Å². The van der Waals surface area contributed by atoms with Gasteiger partial charge in [-0.15, -0.1) is 0 Å². The van der Waals surface area contributed by atoms with Crippen molar-refractivity contribution in [2.75, 3.05) is 11.5 Å². The third kappa shape index (κ3) is 2.92. The summed E-state index contributed by atoms with van der Waals surface area (Å²) in [5.74, 6) is 2.30. The highest BCUT2D eigenvalue weighted by molar-refractivity contribution is 7.99. The average Bonchev–Trinajstić information content (AvgIpc) is 2.02. The Morgan fingerprint density at radius 3 is 3.20 bits per heavy atom. The maximum Gasteiger partial charge on any atom is 0.0178 e. The SMILES string of the molecule is C=C1/C=C\C=C/CCSC1. The second-order valence-corrected chi connectivity index (χ2v) is 3.39. The highest BCUT2D eigenvalue weighted by atomic mass is 32.2. The molecule has 1 heterocycles. The van der Waals surface area contributed by atoms with Gasteiger partial charge in [-0.25, -0.2) is 0 Å². The summed E-state index contributed by atoms with van der Waals surface area (Å²) in [6, 6.07) is 0. The van der Waals surface area contributed by atoms with Crippen molar-refractivity contribution in [2.45, 2.75) is 6.42 Å². The number of rotatable bonds is 0. The van der Waals surface area contributed by atoms with E-state index in [0.29, 0.717) is 0 Å². The van der Waals surface area contributed by atoms with Crippen LogP contribution in [0.25, 0.3) is 0 Å². The van der Waals surface area contributed by atoms with Gasteiger partial charge in [0.15, 0.2) is 0 Å². The topological polar surface area (TPSA) is 0 Å². The quantitative estimate of drug-likeness (QED) is 0.514. The van der Waals surface area contributed by atoms with Crippen molar-refractivity contribution in [3.8, 4) is 0 Å². The lowest BCUT2D eigenvalue weighted by Gasteiger charge is -1.96. The van der Waals surface area contributed by atoms with Gasteiger partial charge >= 0.3 is 0 Å². The number of thioether (sulfide) groups is 1. The van der Waals surface area contributed by atoms with Gasteiger partial charge in [0, 0.05) is 5.75 Å². The summed E-state index contributed by atoms with van der Waals surface area (Å²) in [5, 5.41) is 0. The summed E-state index contributed by atoms with van der Waals surface area (Å²) in [4.78, 5) is 0. The fourth-order valence-corrected chi connectivity index (χ4v) is 1.57. The molecule has 10 heavy (non-hydrogen) atoms. The molecule has 1 aliphatic rings. The van der Waals surface area contributed by atoms with E-state index in [1.54, 1.807) is 0 Å². The van der Waals surface area contributed by atoms with Gasteiger partial charge in [-0.2, -0.15) is 11.8 Å². The highest BCUT2D eigenvalue weighted by Gasteiger charge is 1.90. The third-order valence-corrected chi connectivity index (χ3v) is 2.39. The molecule has 0 aliphatic carbocycles. The molecule has 0 saturated heterocycles. The van der Waals surface area contributed by atoms with Crippen molar-refractivity contribution in [1.29, 1.82) is 0 Å². The summed E-state index contributed by atoms with van der Waals surface area (Å²) < 4.78 is 0. The number of hydrogen-bond donors (Lipinski definition) is 0. The summed E-state index contributed by atoms with van der Waals surface area (Å²) in [6.07, 6.45) is 9.62. The maximum absolute atomic E-state index is 3.92. The van der Waals surface area contributed by atoms with Crippen molar-refractivity contribution >= 4 is 11.8 Å². The Hall–Kier alpha value is -0.430. The van der Waals surface area contributed by atoms with Crippen molar-refractivity contribution in [1.82, 2.24) is 0 Å². The molecule has 0 bridgehead atoms. The Balaban J connectivity index is 2.48. The summed E-state index contributed by atoms with van der Waals surface area (Å²) in [7, 11) is 0. The predicted molar refractivity (Wildman–Crippen MR) is 49.4 cm³/mol. The lowest BCUT2D eigenvalue weighted by molar-refractivity contribution is 1.25. The van der Waals surface area contributed by atoms with E-state index in [9.17, 15) is 0 Å². The molecule has 0 N–H and O–H groups in total. The summed E-state index contributed by atoms with van der Waals surface area (Å²) in [5.41, 5.74) is 1.22. The van der Waals surface area contributed by atoms with Gasteiger partial charge in [0.2, 0.25) is 0 Å². The molecule has 0 aromatic heterocycles. The van der Waals surface area contributed by atoms with Crippen LogP contribution >= 0.6 is 11.8 Å². The molecular formula is C9H12S. The van der Waals surface area contributed by atoms with E-state index in [2.05, 4.69) is 30.9 Å². The molecule has 0 unspecified atom stereocenters. The minimum Gasteiger partial charge on any atom is -0.157 e. The molecule has 0 saturated carbocycles. The van der Waals surface area contributed by atoms with Crippen molar-refractivity contribution in [3.63, 3.8) is 0 Å². The monoisotopic (exact) mass is 152 g/mol. The molecule has 0 spiro atoms. The van der Waals surface area contributed by atoms with Gasteiger partial charge in [-0.05, 0) is 17.7 Å². The van der Waals surface area contributed by atoms with Gasteiger partial charge in [0.1, 0.15) is 0 Å². The van der Waals surface area contributed by atoms with E-state index < -0.39 is 0 Å². The maximum atomic E-state index is 3.92. The van der Waals surface area contributed by atoms with E-state index in [1.807, 2.05) is 11.8 Å². The zero-order valence-corrected chi connectivity index (χ0v) is 6.86. The van der Waals surface area contributed by atoms with E-state index in [-0.39, 0.29) is 0 Å². The van der Waals surface area contributed by atoms with Gasteiger partial charge in [0.05, 0.1) is 0 Å². The molecule has 0 aromatic rings. The minimum absolute atomic E-state index is 1.08. The first-order chi connectivity index (χ1) is 4.89. The molecule has 0 amide bonds. The van der Waals surface area contributed by atoms with Crippen LogP contribution in [-0.2, 0) is 0 Å². The fraction of sp³-hybridized carbons (Fsp3) is 0.333. The molecule has 0 nitrogen and oxygen atoms in total. The molecular weight excluding hydrogens is 140 g/mol. The van der Waals surface area contributed by atoms with Crippen LogP contribution in [0.15, 0.2) is 36.5 Å². The Kier molecular flexibility index (Phi) is 3.37. The smallest absolute Gasteiger partial charge is 0.0178 e. The van der Waals surface area contributed by atoms with Crippen LogP contribution in [0.2, 0.25) is 0 Å². The van der Waals surface area contributed by atoms with E-state index in [0.717, 1.165) is 5.75 Å². The minimum atomic E-state index is 1.08.